The standard InChI is InChI=1S/C19H19Cl2N3O2S/c1-3-24-17(16(21)9-22-24)10-23(2)19(25)18-7-13(12-27-18)11-26-15-6-4-5-14(20)8-15/h4-9,12H,3,10-11H2,1-2H3. The van der Waals surface area contributed by atoms with Crippen molar-refractivity contribution in [3.63, 3.8) is 0 Å². The Bertz CT molecular complexity index is 939. The molecule has 0 aliphatic rings. The van der Waals surface area contributed by atoms with E-state index < -0.39 is 0 Å². The average Bonchev–Trinajstić information content (AvgIpc) is 3.27. The number of rotatable bonds is 7. The average molecular weight is 424 g/mol. The summed E-state index contributed by atoms with van der Waals surface area (Å²) >= 11 is 13.5. The van der Waals surface area contributed by atoms with Crippen LogP contribution in [-0.2, 0) is 19.7 Å². The predicted octanol–water partition coefficient (Wildman–Crippen LogP) is 5.12. The molecule has 0 N–H and O–H groups in total. The number of aromatic nitrogens is 2. The molecular formula is C19H19Cl2N3O2S. The summed E-state index contributed by atoms with van der Waals surface area (Å²) in [6, 6.07) is 9.09. The van der Waals surface area contributed by atoms with Crippen molar-refractivity contribution in [3.8, 4) is 5.75 Å². The minimum Gasteiger partial charge on any atom is -0.489 e. The third-order valence-electron chi connectivity index (χ3n) is 4.00. The highest BCUT2D eigenvalue weighted by molar-refractivity contribution is 7.12. The maximum absolute atomic E-state index is 12.7. The van der Waals surface area contributed by atoms with Crippen LogP contribution in [0.2, 0.25) is 10.0 Å². The highest BCUT2D eigenvalue weighted by atomic mass is 35.5. The first-order valence-electron chi connectivity index (χ1n) is 8.39. The fourth-order valence-electron chi connectivity index (χ4n) is 2.59. The van der Waals surface area contributed by atoms with Gasteiger partial charge in [-0.25, -0.2) is 0 Å². The van der Waals surface area contributed by atoms with Crippen LogP contribution in [-0.4, -0.2) is 27.6 Å². The quantitative estimate of drug-likeness (QED) is 0.529. The van der Waals surface area contributed by atoms with E-state index in [1.165, 1.54) is 11.3 Å². The third kappa shape index (κ3) is 4.83. The molecule has 1 amide bonds. The molecule has 5 nitrogen and oxygen atoms in total. The van der Waals surface area contributed by atoms with Crippen LogP contribution in [0.3, 0.4) is 0 Å². The van der Waals surface area contributed by atoms with Crippen molar-refractivity contribution in [2.75, 3.05) is 7.05 Å². The van der Waals surface area contributed by atoms with E-state index >= 15 is 0 Å². The van der Waals surface area contributed by atoms with Crippen LogP contribution >= 0.6 is 34.5 Å². The molecule has 0 aliphatic carbocycles. The molecule has 0 spiro atoms. The van der Waals surface area contributed by atoms with Gasteiger partial charge in [-0.3, -0.25) is 9.48 Å². The zero-order valence-corrected chi connectivity index (χ0v) is 17.3. The van der Waals surface area contributed by atoms with Crippen LogP contribution in [0.1, 0.15) is 27.9 Å². The van der Waals surface area contributed by atoms with Gasteiger partial charge >= 0.3 is 0 Å². The SMILES string of the molecule is CCn1ncc(Cl)c1CN(C)C(=O)c1cc(COc2cccc(Cl)c2)cs1. The lowest BCUT2D eigenvalue weighted by atomic mass is 10.3. The van der Waals surface area contributed by atoms with Gasteiger partial charge in [0.1, 0.15) is 12.4 Å². The predicted molar refractivity (Wildman–Crippen MR) is 109 cm³/mol. The van der Waals surface area contributed by atoms with Crippen molar-refractivity contribution in [1.82, 2.24) is 14.7 Å². The number of thiophene rings is 1. The molecule has 0 saturated carbocycles. The number of aryl methyl sites for hydroxylation is 1. The van der Waals surface area contributed by atoms with Crippen molar-refractivity contribution in [2.24, 2.45) is 0 Å². The highest BCUT2D eigenvalue weighted by Crippen LogP contribution is 2.23. The third-order valence-corrected chi connectivity index (χ3v) is 5.51. The minimum atomic E-state index is -0.0612. The Balaban J connectivity index is 1.63. The molecule has 0 unspecified atom stereocenters. The molecule has 2 aromatic heterocycles. The van der Waals surface area contributed by atoms with Crippen molar-refractivity contribution in [1.29, 1.82) is 0 Å². The molecule has 1 aromatic carbocycles. The first-order chi connectivity index (χ1) is 13.0. The smallest absolute Gasteiger partial charge is 0.264 e. The van der Waals surface area contributed by atoms with Crippen molar-refractivity contribution < 1.29 is 9.53 Å². The van der Waals surface area contributed by atoms with Gasteiger partial charge in [-0.05, 0) is 36.6 Å². The van der Waals surface area contributed by atoms with E-state index in [0.29, 0.717) is 40.4 Å². The van der Waals surface area contributed by atoms with Crippen LogP contribution in [0.5, 0.6) is 5.75 Å². The lowest BCUT2D eigenvalue weighted by molar-refractivity contribution is 0.0786. The van der Waals surface area contributed by atoms with Gasteiger partial charge in [0.05, 0.1) is 28.3 Å². The summed E-state index contributed by atoms with van der Waals surface area (Å²) in [5, 5.41) is 7.32. The summed E-state index contributed by atoms with van der Waals surface area (Å²) in [4.78, 5) is 15.0. The normalized spacial score (nSPS) is 10.8. The van der Waals surface area contributed by atoms with E-state index in [0.717, 1.165) is 11.3 Å². The zero-order valence-electron chi connectivity index (χ0n) is 15.0. The highest BCUT2D eigenvalue weighted by Gasteiger charge is 2.18. The van der Waals surface area contributed by atoms with Gasteiger partial charge in [0.15, 0.2) is 0 Å². The number of carbonyl (C=O) groups is 1. The molecule has 0 fully saturated rings. The van der Waals surface area contributed by atoms with Crippen molar-refractivity contribution >= 4 is 40.4 Å². The fourth-order valence-corrected chi connectivity index (χ4v) is 3.86. The second-order valence-electron chi connectivity index (χ2n) is 5.98. The molecule has 8 heteroatoms. The van der Waals surface area contributed by atoms with E-state index in [1.807, 2.05) is 30.5 Å². The fraction of sp³-hybridized carbons (Fsp3) is 0.263. The Kier molecular flexibility index (Phi) is 6.42. The Morgan fingerprint density at radius 3 is 2.89 bits per heavy atom. The maximum atomic E-state index is 12.7. The van der Waals surface area contributed by atoms with Gasteiger partial charge in [0, 0.05) is 24.2 Å². The molecular weight excluding hydrogens is 405 g/mol. The number of nitrogens with zero attached hydrogens (tertiary/aromatic N) is 3. The molecule has 142 valence electrons. The van der Waals surface area contributed by atoms with Crippen molar-refractivity contribution in [2.45, 2.75) is 26.6 Å². The summed E-state index contributed by atoms with van der Waals surface area (Å²) in [5.74, 6) is 0.634. The van der Waals surface area contributed by atoms with E-state index in [1.54, 1.807) is 35.0 Å². The molecule has 27 heavy (non-hydrogen) atoms. The van der Waals surface area contributed by atoms with Crippen LogP contribution in [0.25, 0.3) is 0 Å². The van der Waals surface area contributed by atoms with Gasteiger partial charge in [-0.2, -0.15) is 5.10 Å². The molecule has 2 heterocycles. The number of amides is 1. The largest absolute Gasteiger partial charge is 0.489 e. The molecule has 3 aromatic rings. The monoisotopic (exact) mass is 423 g/mol. The Morgan fingerprint density at radius 1 is 1.33 bits per heavy atom. The first-order valence-corrected chi connectivity index (χ1v) is 10.0. The number of benzene rings is 1. The maximum Gasteiger partial charge on any atom is 0.264 e. The Morgan fingerprint density at radius 2 is 2.15 bits per heavy atom. The number of carbonyl (C=O) groups excluding carboxylic acids is 1. The van der Waals surface area contributed by atoms with Crippen LogP contribution in [0.15, 0.2) is 41.9 Å². The molecule has 0 bridgehead atoms. The van der Waals surface area contributed by atoms with E-state index in [-0.39, 0.29) is 5.91 Å². The van der Waals surface area contributed by atoms with Gasteiger partial charge < -0.3 is 9.64 Å². The van der Waals surface area contributed by atoms with Gasteiger partial charge in [0.2, 0.25) is 0 Å². The molecule has 0 atom stereocenters. The summed E-state index contributed by atoms with van der Waals surface area (Å²) in [5.41, 5.74) is 1.77. The molecule has 0 saturated heterocycles. The second kappa shape index (κ2) is 8.78. The van der Waals surface area contributed by atoms with E-state index in [2.05, 4.69) is 5.10 Å². The van der Waals surface area contributed by atoms with Crippen LogP contribution in [0, 0.1) is 0 Å². The summed E-state index contributed by atoms with van der Waals surface area (Å²) in [6.07, 6.45) is 1.61. The Hall–Kier alpha value is -2.02. The number of hydrogen-bond donors (Lipinski definition) is 0. The lowest BCUT2D eigenvalue weighted by Crippen LogP contribution is -2.27. The van der Waals surface area contributed by atoms with E-state index in [4.69, 9.17) is 27.9 Å². The first kappa shape index (κ1) is 19.7. The topological polar surface area (TPSA) is 47.4 Å². The van der Waals surface area contributed by atoms with Crippen LogP contribution < -0.4 is 4.74 Å². The molecule has 0 aliphatic heterocycles. The van der Waals surface area contributed by atoms with Crippen LogP contribution in [0.4, 0.5) is 0 Å². The van der Waals surface area contributed by atoms with Gasteiger partial charge in [-0.15, -0.1) is 11.3 Å². The summed E-state index contributed by atoms with van der Waals surface area (Å²) in [7, 11) is 1.76. The minimum absolute atomic E-state index is 0.0612. The Labute approximate surface area is 172 Å². The summed E-state index contributed by atoms with van der Waals surface area (Å²) in [6.45, 7) is 3.47. The summed E-state index contributed by atoms with van der Waals surface area (Å²) < 4.78 is 7.52. The number of hydrogen-bond acceptors (Lipinski definition) is 4. The molecule has 0 radical (unpaired) electrons. The number of halogens is 2. The molecule has 3 rings (SSSR count). The van der Waals surface area contributed by atoms with Gasteiger partial charge in [0.25, 0.3) is 5.91 Å². The van der Waals surface area contributed by atoms with Gasteiger partial charge in [-0.1, -0.05) is 29.3 Å². The van der Waals surface area contributed by atoms with E-state index in [9.17, 15) is 4.79 Å². The number of ether oxygens (including phenoxy) is 1. The van der Waals surface area contributed by atoms with Crippen molar-refractivity contribution in [3.05, 3.63) is 68.1 Å². The lowest BCUT2D eigenvalue weighted by Gasteiger charge is -2.17. The zero-order chi connectivity index (χ0) is 19.4. The second-order valence-corrected chi connectivity index (χ2v) is 7.74.